The largest absolute Gasteiger partial charge is 0.506 e. The van der Waals surface area contributed by atoms with Crippen molar-refractivity contribution in [2.75, 3.05) is 19.5 Å². The van der Waals surface area contributed by atoms with Gasteiger partial charge in [-0.25, -0.2) is 0 Å². The molecule has 0 fully saturated rings. The summed E-state index contributed by atoms with van der Waals surface area (Å²) in [6, 6.07) is 8.61. The maximum absolute atomic E-state index is 12.0. The van der Waals surface area contributed by atoms with Gasteiger partial charge in [0.15, 0.2) is 16.6 Å². The molecule has 3 N–H and O–H groups in total. The Kier molecular flexibility index (Phi) is 6.88. The molecule has 0 aliphatic carbocycles. The standard InChI is InChI=1S/C18H17N3O6S/c1-26-15-7-3-11(9-16(15)27-2)4-8-17(23)20-18(28)19-13-6-5-12(21(24)25)10-14(13)22/h3-10,22H,1-2H3,(H2,19,20,23,28). The number of amides is 1. The van der Waals surface area contributed by atoms with E-state index in [4.69, 9.17) is 21.7 Å². The van der Waals surface area contributed by atoms with E-state index in [2.05, 4.69) is 10.6 Å². The zero-order valence-electron chi connectivity index (χ0n) is 15.0. The molecule has 1 amide bonds. The van der Waals surface area contributed by atoms with Crippen LogP contribution in [0.3, 0.4) is 0 Å². The Morgan fingerprint density at radius 3 is 2.50 bits per heavy atom. The van der Waals surface area contributed by atoms with E-state index in [-0.39, 0.29) is 22.2 Å². The highest BCUT2D eigenvalue weighted by Crippen LogP contribution is 2.28. The van der Waals surface area contributed by atoms with Gasteiger partial charge in [0, 0.05) is 12.1 Å². The zero-order valence-corrected chi connectivity index (χ0v) is 15.8. The van der Waals surface area contributed by atoms with E-state index in [0.717, 1.165) is 6.07 Å². The molecule has 0 aliphatic rings. The van der Waals surface area contributed by atoms with E-state index in [0.29, 0.717) is 17.1 Å². The van der Waals surface area contributed by atoms with E-state index in [9.17, 15) is 20.0 Å². The van der Waals surface area contributed by atoms with E-state index in [1.165, 1.54) is 32.4 Å². The lowest BCUT2D eigenvalue weighted by Crippen LogP contribution is -2.32. The van der Waals surface area contributed by atoms with Crippen LogP contribution in [0, 0.1) is 10.1 Å². The molecular weight excluding hydrogens is 386 g/mol. The van der Waals surface area contributed by atoms with Gasteiger partial charge in [0.25, 0.3) is 5.69 Å². The summed E-state index contributed by atoms with van der Waals surface area (Å²) in [5.74, 6) is 0.216. The van der Waals surface area contributed by atoms with E-state index >= 15 is 0 Å². The molecule has 0 heterocycles. The van der Waals surface area contributed by atoms with Crippen molar-refractivity contribution in [2.24, 2.45) is 0 Å². The van der Waals surface area contributed by atoms with Crippen LogP contribution in [0.2, 0.25) is 0 Å². The Labute approximate surface area is 165 Å². The Morgan fingerprint density at radius 2 is 1.89 bits per heavy atom. The number of nitrogens with zero attached hydrogens (tertiary/aromatic N) is 1. The minimum absolute atomic E-state index is 0.0777. The van der Waals surface area contributed by atoms with Gasteiger partial charge in [-0.3, -0.25) is 20.2 Å². The first-order valence-electron chi connectivity index (χ1n) is 7.83. The van der Waals surface area contributed by atoms with Crippen molar-refractivity contribution in [1.82, 2.24) is 5.32 Å². The molecule has 9 nitrogen and oxygen atoms in total. The van der Waals surface area contributed by atoms with Crippen molar-refractivity contribution in [2.45, 2.75) is 0 Å². The van der Waals surface area contributed by atoms with Crippen LogP contribution in [0.5, 0.6) is 17.2 Å². The van der Waals surface area contributed by atoms with Crippen molar-refractivity contribution in [3.8, 4) is 17.2 Å². The molecule has 0 saturated carbocycles. The lowest BCUT2D eigenvalue weighted by Gasteiger charge is -2.09. The monoisotopic (exact) mass is 403 g/mol. The Balaban J connectivity index is 1.98. The molecule has 0 spiro atoms. The second kappa shape index (κ2) is 9.33. The number of carbonyl (C=O) groups is 1. The van der Waals surface area contributed by atoms with Crippen LogP contribution in [0.4, 0.5) is 11.4 Å². The Bertz CT molecular complexity index is 945. The zero-order chi connectivity index (χ0) is 20.7. The van der Waals surface area contributed by atoms with Crippen LogP contribution >= 0.6 is 12.2 Å². The number of nitrogens with one attached hydrogen (secondary N) is 2. The molecule has 0 atom stereocenters. The van der Waals surface area contributed by atoms with Crippen LogP contribution < -0.4 is 20.1 Å². The fourth-order valence-corrected chi connectivity index (χ4v) is 2.39. The second-order valence-corrected chi connectivity index (χ2v) is 5.76. The SMILES string of the molecule is COc1ccc(C=CC(=O)NC(=S)Nc2ccc([N+](=O)[O-])cc2O)cc1OC. The summed E-state index contributed by atoms with van der Waals surface area (Å²) < 4.78 is 10.3. The van der Waals surface area contributed by atoms with E-state index < -0.39 is 10.8 Å². The van der Waals surface area contributed by atoms with Crippen LogP contribution in [0.1, 0.15) is 5.56 Å². The number of ether oxygens (including phenoxy) is 2. The molecule has 28 heavy (non-hydrogen) atoms. The number of rotatable bonds is 6. The van der Waals surface area contributed by atoms with Gasteiger partial charge in [-0.05, 0) is 42.1 Å². The smallest absolute Gasteiger partial charge is 0.273 e. The summed E-state index contributed by atoms with van der Waals surface area (Å²) in [6.07, 6.45) is 2.83. The third-order valence-electron chi connectivity index (χ3n) is 3.51. The normalized spacial score (nSPS) is 10.4. The van der Waals surface area contributed by atoms with Crippen molar-refractivity contribution in [1.29, 1.82) is 0 Å². The number of hydrogen-bond acceptors (Lipinski definition) is 7. The van der Waals surface area contributed by atoms with Crippen LogP contribution in [-0.2, 0) is 4.79 Å². The maximum atomic E-state index is 12.0. The average Bonchev–Trinajstić information content (AvgIpc) is 2.67. The lowest BCUT2D eigenvalue weighted by molar-refractivity contribution is -0.384. The summed E-state index contributed by atoms with van der Waals surface area (Å²) in [5, 5.41) is 25.4. The molecule has 2 rings (SSSR count). The van der Waals surface area contributed by atoms with Gasteiger partial charge in [0.1, 0.15) is 5.75 Å². The van der Waals surface area contributed by atoms with Crippen LogP contribution in [0.15, 0.2) is 42.5 Å². The molecule has 0 radical (unpaired) electrons. The van der Waals surface area contributed by atoms with Gasteiger partial charge < -0.3 is 19.9 Å². The topological polar surface area (TPSA) is 123 Å². The number of anilines is 1. The fraction of sp³-hybridized carbons (Fsp3) is 0.111. The van der Waals surface area contributed by atoms with Gasteiger partial charge in [0.05, 0.1) is 30.9 Å². The summed E-state index contributed by atoms with van der Waals surface area (Å²) in [4.78, 5) is 22.0. The van der Waals surface area contributed by atoms with E-state index in [1.54, 1.807) is 24.3 Å². The summed E-state index contributed by atoms with van der Waals surface area (Å²) in [7, 11) is 3.03. The molecule has 2 aromatic carbocycles. The molecular formula is C18H17N3O6S. The first kappa shape index (κ1) is 20.6. The van der Waals surface area contributed by atoms with Crippen molar-refractivity contribution in [3.05, 3.63) is 58.2 Å². The minimum atomic E-state index is -0.636. The van der Waals surface area contributed by atoms with Crippen molar-refractivity contribution in [3.63, 3.8) is 0 Å². The van der Waals surface area contributed by atoms with Gasteiger partial charge in [-0.1, -0.05) is 6.07 Å². The molecule has 0 aliphatic heterocycles. The lowest BCUT2D eigenvalue weighted by atomic mass is 10.2. The molecule has 0 aromatic heterocycles. The fourth-order valence-electron chi connectivity index (χ4n) is 2.17. The Morgan fingerprint density at radius 1 is 1.18 bits per heavy atom. The van der Waals surface area contributed by atoms with Gasteiger partial charge in [-0.2, -0.15) is 0 Å². The van der Waals surface area contributed by atoms with Gasteiger partial charge in [0.2, 0.25) is 5.91 Å². The highest BCUT2D eigenvalue weighted by molar-refractivity contribution is 7.80. The number of nitro groups is 1. The summed E-state index contributed by atoms with van der Waals surface area (Å²) >= 11 is 5.00. The number of phenolic OH excluding ortho intramolecular Hbond substituents is 1. The number of non-ortho nitro benzene ring substituents is 1. The molecule has 10 heteroatoms. The number of thiocarbonyl (C=S) groups is 1. The average molecular weight is 403 g/mol. The number of carbonyl (C=O) groups excluding carboxylic acids is 1. The highest BCUT2D eigenvalue weighted by atomic mass is 32.1. The first-order valence-corrected chi connectivity index (χ1v) is 8.24. The van der Waals surface area contributed by atoms with E-state index in [1.807, 2.05) is 0 Å². The predicted molar refractivity (Wildman–Crippen MR) is 108 cm³/mol. The van der Waals surface area contributed by atoms with Crippen LogP contribution in [0.25, 0.3) is 6.08 Å². The summed E-state index contributed by atoms with van der Waals surface area (Å²) in [5.41, 5.74) is 0.565. The number of phenols is 1. The molecule has 2 aromatic rings. The van der Waals surface area contributed by atoms with Crippen molar-refractivity contribution >= 4 is 40.7 Å². The molecule has 0 unspecified atom stereocenters. The van der Waals surface area contributed by atoms with Crippen molar-refractivity contribution < 1.29 is 24.3 Å². The Hall–Kier alpha value is -3.66. The predicted octanol–water partition coefficient (Wildman–Crippen LogP) is 2.84. The molecule has 146 valence electrons. The number of benzene rings is 2. The first-order chi connectivity index (χ1) is 13.3. The highest BCUT2D eigenvalue weighted by Gasteiger charge is 2.11. The van der Waals surface area contributed by atoms with Gasteiger partial charge >= 0.3 is 0 Å². The minimum Gasteiger partial charge on any atom is -0.506 e. The third kappa shape index (κ3) is 5.42. The third-order valence-corrected chi connectivity index (χ3v) is 3.72. The second-order valence-electron chi connectivity index (χ2n) is 5.35. The number of aromatic hydroxyl groups is 1. The quantitative estimate of drug-likeness (QED) is 0.221. The van der Waals surface area contributed by atoms with Gasteiger partial charge in [-0.15, -0.1) is 0 Å². The molecule has 0 saturated heterocycles. The number of hydrogen-bond donors (Lipinski definition) is 3. The van der Waals surface area contributed by atoms with Crippen LogP contribution in [-0.4, -0.2) is 35.3 Å². The number of nitro benzene ring substituents is 1. The maximum Gasteiger partial charge on any atom is 0.273 e. The molecule has 0 bridgehead atoms. The summed E-state index contributed by atoms with van der Waals surface area (Å²) in [6.45, 7) is 0. The number of methoxy groups -OCH3 is 2.